The summed E-state index contributed by atoms with van der Waals surface area (Å²) in [6.07, 6.45) is 0. The summed E-state index contributed by atoms with van der Waals surface area (Å²) in [7, 11) is -3.49. The third-order valence-electron chi connectivity index (χ3n) is 2.63. The Labute approximate surface area is 114 Å². The van der Waals surface area contributed by atoms with E-state index in [2.05, 4.69) is 20.7 Å². The summed E-state index contributed by atoms with van der Waals surface area (Å²) in [6, 6.07) is 0. The third kappa shape index (κ3) is 2.44. The molecule has 0 aromatic carbocycles. The first-order valence-corrected chi connectivity index (χ1v) is 8.22. The van der Waals surface area contributed by atoms with Crippen LogP contribution in [0.1, 0.15) is 16.7 Å². The van der Waals surface area contributed by atoms with Crippen LogP contribution in [0.2, 0.25) is 0 Å². The second-order valence-corrected chi connectivity index (χ2v) is 8.36. The van der Waals surface area contributed by atoms with Crippen molar-refractivity contribution in [1.29, 1.82) is 0 Å². The van der Waals surface area contributed by atoms with Crippen molar-refractivity contribution in [2.45, 2.75) is 31.2 Å². The lowest BCUT2D eigenvalue weighted by Crippen LogP contribution is -2.59. The van der Waals surface area contributed by atoms with Crippen molar-refractivity contribution in [3.63, 3.8) is 0 Å². The fourth-order valence-corrected chi connectivity index (χ4v) is 6.10. The van der Waals surface area contributed by atoms with Crippen molar-refractivity contribution in [2.24, 2.45) is 0 Å². The van der Waals surface area contributed by atoms with Crippen LogP contribution in [0.25, 0.3) is 0 Å². The Kier molecular flexibility index (Phi) is 3.42. The van der Waals surface area contributed by atoms with E-state index in [1.807, 2.05) is 20.8 Å². The van der Waals surface area contributed by atoms with Crippen LogP contribution >= 0.6 is 27.3 Å². The second kappa shape index (κ2) is 4.31. The molecule has 0 amide bonds. The fraction of sp³-hybridized carbons (Fsp3) is 0.600. The van der Waals surface area contributed by atoms with Crippen LogP contribution in [0.15, 0.2) is 9.37 Å². The Morgan fingerprint density at radius 3 is 2.29 bits per heavy atom. The Morgan fingerprint density at radius 1 is 1.35 bits per heavy atom. The average molecular weight is 340 g/mol. The van der Waals surface area contributed by atoms with Crippen molar-refractivity contribution >= 4 is 37.3 Å². The summed E-state index contributed by atoms with van der Waals surface area (Å²) in [6.45, 7) is 6.40. The van der Waals surface area contributed by atoms with Gasteiger partial charge in [-0.3, -0.25) is 0 Å². The number of sulfonamides is 1. The van der Waals surface area contributed by atoms with Gasteiger partial charge in [0.1, 0.15) is 4.90 Å². The SMILES string of the molecule is Cc1sc(C)c(S(=O)(=O)NC2(C)COC2)c1Br. The van der Waals surface area contributed by atoms with Crippen LogP contribution in [0.5, 0.6) is 0 Å². The van der Waals surface area contributed by atoms with E-state index in [1.165, 1.54) is 11.3 Å². The Bertz CT molecular complexity index is 546. The molecule has 0 aliphatic carbocycles. The molecule has 1 saturated heterocycles. The lowest BCUT2D eigenvalue weighted by Gasteiger charge is -2.38. The Morgan fingerprint density at radius 2 is 1.94 bits per heavy atom. The van der Waals surface area contributed by atoms with Crippen LogP contribution in [0, 0.1) is 13.8 Å². The van der Waals surface area contributed by atoms with E-state index in [4.69, 9.17) is 4.74 Å². The topological polar surface area (TPSA) is 55.4 Å². The van der Waals surface area contributed by atoms with Gasteiger partial charge in [-0.05, 0) is 36.7 Å². The van der Waals surface area contributed by atoms with Gasteiger partial charge in [0.15, 0.2) is 0 Å². The summed E-state index contributed by atoms with van der Waals surface area (Å²) in [5.41, 5.74) is -0.472. The van der Waals surface area contributed by atoms with Crippen molar-refractivity contribution in [3.8, 4) is 0 Å². The molecule has 2 heterocycles. The molecule has 4 nitrogen and oxygen atoms in total. The largest absolute Gasteiger partial charge is 0.377 e. The van der Waals surface area contributed by atoms with Crippen LogP contribution in [-0.2, 0) is 14.8 Å². The number of ether oxygens (including phenoxy) is 1. The molecule has 1 N–H and O–H groups in total. The Balaban J connectivity index is 2.38. The summed E-state index contributed by atoms with van der Waals surface area (Å²) >= 11 is 4.82. The van der Waals surface area contributed by atoms with E-state index >= 15 is 0 Å². The fourth-order valence-electron chi connectivity index (χ4n) is 1.78. The maximum atomic E-state index is 12.3. The number of nitrogens with one attached hydrogen (secondary N) is 1. The summed E-state index contributed by atoms with van der Waals surface area (Å²) in [4.78, 5) is 2.12. The molecule has 0 bridgehead atoms. The molecule has 0 spiro atoms. The molecule has 0 atom stereocenters. The van der Waals surface area contributed by atoms with Gasteiger partial charge in [0.05, 0.1) is 23.2 Å². The zero-order valence-electron chi connectivity index (χ0n) is 9.83. The quantitative estimate of drug-likeness (QED) is 0.918. The van der Waals surface area contributed by atoms with E-state index in [-0.39, 0.29) is 0 Å². The van der Waals surface area contributed by atoms with E-state index < -0.39 is 15.6 Å². The lowest BCUT2D eigenvalue weighted by atomic mass is 10.0. The molecule has 96 valence electrons. The minimum Gasteiger partial charge on any atom is -0.377 e. The molecule has 2 rings (SSSR count). The predicted octanol–water partition coefficient (Wildman–Crippen LogP) is 2.19. The van der Waals surface area contributed by atoms with Gasteiger partial charge in [0.25, 0.3) is 0 Å². The Hall–Kier alpha value is 0.0500. The van der Waals surface area contributed by atoms with Gasteiger partial charge in [-0.25, -0.2) is 13.1 Å². The summed E-state index contributed by atoms with van der Waals surface area (Å²) < 4.78 is 33.0. The number of thiophene rings is 1. The van der Waals surface area contributed by atoms with Gasteiger partial charge in [-0.1, -0.05) is 0 Å². The van der Waals surface area contributed by atoms with Gasteiger partial charge in [0, 0.05) is 9.75 Å². The molecule has 0 radical (unpaired) electrons. The molecule has 0 unspecified atom stereocenters. The molecule has 1 aromatic rings. The van der Waals surface area contributed by atoms with Gasteiger partial charge in [-0.2, -0.15) is 0 Å². The summed E-state index contributed by atoms with van der Waals surface area (Å²) in [5.74, 6) is 0. The average Bonchev–Trinajstić information content (AvgIpc) is 2.38. The smallest absolute Gasteiger partial charge is 0.243 e. The predicted molar refractivity (Wildman–Crippen MR) is 71.0 cm³/mol. The molecular weight excluding hydrogens is 326 g/mol. The van der Waals surface area contributed by atoms with Gasteiger partial charge in [-0.15, -0.1) is 11.3 Å². The highest BCUT2D eigenvalue weighted by atomic mass is 79.9. The number of hydrogen-bond acceptors (Lipinski definition) is 4. The van der Waals surface area contributed by atoms with Crippen LogP contribution in [0.3, 0.4) is 0 Å². The maximum absolute atomic E-state index is 12.3. The molecule has 1 aliphatic rings. The van der Waals surface area contributed by atoms with E-state index in [0.29, 0.717) is 22.6 Å². The van der Waals surface area contributed by atoms with Gasteiger partial charge >= 0.3 is 0 Å². The highest BCUT2D eigenvalue weighted by Gasteiger charge is 2.39. The lowest BCUT2D eigenvalue weighted by molar-refractivity contribution is -0.0523. The number of aryl methyl sites for hydroxylation is 2. The van der Waals surface area contributed by atoms with Crippen molar-refractivity contribution < 1.29 is 13.2 Å². The zero-order valence-corrected chi connectivity index (χ0v) is 13.1. The first-order valence-electron chi connectivity index (χ1n) is 5.12. The molecular formula is C10H14BrNO3S2. The van der Waals surface area contributed by atoms with Crippen LogP contribution in [-0.4, -0.2) is 27.2 Å². The highest BCUT2D eigenvalue weighted by Crippen LogP contribution is 2.36. The molecule has 17 heavy (non-hydrogen) atoms. The van der Waals surface area contributed by atoms with E-state index in [1.54, 1.807) is 0 Å². The third-order valence-corrected chi connectivity index (χ3v) is 7.10. The highest BCUT2D eigenvalue weighted by molar-refractivity contribution is 9.10. The van der Waals surface area contributed by atoms with Gasteiger partial charge < -0.3 is 4.74 Å². The maximum Gasteiger partial charge on any atom is 0.243 e. The molecule has 7 heteroatoms. The molecule has 1 aliphatic heterocycles. The standard InChI is InChI=1S/C10H14BrNO3S2/c1-6-8(11)9(7(2)16-6)17(13,14)12-10(3)4-15-5-10/h12H,4-5H2,1-3H3. The van der Waals surface area contributed by atoms with Crippen LogP contribution < -0.4 is 4.72 Å². The molecule has 0 saturated carbocycles. The number of rotatable bonds is 3. The molecule has 1 aromatic heterocycles. The van der Waals surface area contributed by atoms with Gasteiger partial charge in [0.2, 0.25) is 10.0 Å². The minimum atomic E-state index is -3.49. The number of halogens is 1. The normalized spacial score (nSPS) is 19.1. The van der Waals surface area contributed by atoms with Crippen LogP contribution in [0.4, 0.5) is 0 Å². The van der Waals surface area contributed by atoms with E-state index in [9.17, 15) is 8.42 Å². The second-order valence-electron chi connectivity index (χ2n) is 4.52. The van der Waals surface area contributed by atoms with Crippen molar-refractivity contribution in [2.75, 3.05) is 13.2 Å². The zero-order chi connectivity index (χ0) is 12.8. The van der Waals surface area contributed by atoms with E-state index in [0.717, 1.165) is 9.75 Å². The summed E-state index contributed by atoms with van der Waals surface area (Å²) in [5, 5.41) is 0. The minimum absolute atomic E-state index is 0.355. The van der Waals surface area contributed by atoms with Crippen molar-refractivity contribution in [3.05, 3.63) is 14.2 Å². The number of hydrogen-bond donors (Lipinski definition) is 1. The van der Waals surface area contributed by atoms with Crippen molar-refractivity contribution in [1.82, 2.24) is 4.72 Å². The first kappa shape index (κ1) is 13.5. The first-order chi connectivity index (χ1) is 7.75. The molecule has 1 fully saturated rings. The monoisotopic (exact) mass is 339 g/mol.